The fourth-order valence-corrected chi connectivity index (χ4v) is 3.64. The Morgan fingerprint density at radius 3 is 2.69 bits per heavy atom. The van der Waals surface area contributed by atoms with E-state index in [2.05, 4.69) is 11.1 Å². The van der Waals surface area contributed by atoms with E-state index in [0.717, 1.165) is 34.6 Å². The third-order valence-electron chi connectivity index (χ3n) is 4.87. The molecule has 2 aliphatic heterocycles. The Morgan fingerprint density at radius 2 is 1.85 bits per heavy atom. The Labute approximate surface area is 151 Å². The van der Waals surface area contributed by atoms with Crippen LogP contribution in [0.2, 0.25) is 0 Å². The van der Waals surface area contributed by atoms with Crippen LogP contribution in [-0.4, -0.2) is 20.8 Å². The second-order valence-corrected chi connectivity index (χ2v) is 6.49. The van der Waals surface area contributed by atoms with Gasteiger partial charge < -0.3 is 9.84 Å². The molecule has 0 amide bonds. The van der Waals surface area contributed by atoms with Crippen LogP contribution >= 0.6 is 0 Å². The molecular formula is C21H17N3O2. The van der Waals surface area contributed by atoms with E-state index >= 15 is 0 Å². The number of fused-ring (bicyclic) bond motifs is 3. The fourth-order valence-electron chi connectivity index (χ4n) is 3.64. The average molecular weight is 343 g/mol. The third kappa shape index (κ3) is 2.40. The SMILES string of the molecule is Oc1cccc(C2=NN3[C@H](C2)c2ccccc2O[C@@H]3c2ccncc2)c1. The van der Waals surface area contributed by atoms with Gasteiger partial charge in [0.05, 0.1) is 11.8 Å². The first-order valence-corrected chi connectivity index (χ1v) is 8.60. The van der Waals surface area contributed by atoms with Crippen molar-refractivity contribution in [1.29, 1.82) is 0 Å². The molecule has 0 bridgehead atoms. The number of aromatic hydroxyl groups is 1. The lowest BCUT2D eigenvalue weighted by atomic mass is 9.96. The predicted octanol–water partition coefficient (Wildman–Crippen LogP) is 4.03. The number of phenols is 1. The first-order valence-electron chi connectivity index (χ1n) is 8.60. The normalized spacial score (nSPS) is 20.8. The number of phenolic OH excluding ortho intramolecular Hbond substituents is 1. The number of pyridine rings is 1. The van der Waals surface area contributed by atoms with Crippen molar-refractivity contribution in [2.24, 2.45) is 5.10 Å². The number of hydrogen-bond donors (Lipinski definition) is 1. The quantitative estimate of drug-likeness (QED) is 0.763. The van der Waals surface area contributed by atoms with E-state index in [1.54, 1.807) is 24.5 Å². The van der Waals surface area contributed by atoms with Crippen molar-refractivity contribution in [3.8, 4) is 11.5 Å². The summed E-state index contributed by atoms with van der Waals surface area (Å²) in [5, 5.41) is 16.7. The molecule has 2 atom stereocenters. The van der Waals surface area contributed by atoms with E-state index in [1.165, 1.54) is 0 Å². The van der Waals surface area contributed by atoms with Crippen molar-refractivity contribution in [2.45, 2.75) is 18.7 Å². The molecule has 0 radical (unpaired) electrons. The van der Waals surface area contributed by atoms with Gasteiger partial charge in [-0.2, -0.15) is 5.10 Å². The topological polar surface area (TPSA) is 58.0 Å². The predicted molar refractivity (Wildman–Crippen MR) is 97.9 cm³/mol. The molecule has 0 fully saturated rings. The molecule has 0 saturated heterocycles. The van der Waals surface area contributed by atoms with Crippen molar-refractivity contribution >= 4 is 5.71 Å². The number of aromatic nitrogens is 1. The van der Waals surface area contributed by atoms with Crippen molar-refractivity contribution < 1.29 is 9.84 Å². The highest BCUT2D eigenvalue weighted by Crippen LogP contribution is 2.47. The molecule has 5 heteroatoms. The minimum Gasteiger partial charge on any atom is -0.508 e. The van der Waals surface area contributed by atoms with Crippen LogP contribution in [-0.2, 0) is 0 Å². The molecule has 2 aromatic carbocycles. The van der Waals surface area contributed by atoms with Crippen LogP contribution in [0.1, 0.15) is 35.4 Å². The second kappa shape index (κ2) is 5.88. The molecule has 0 saturated carbocycles. The summed E-state index contributed by atoms with van der Waals surface area (Å²) >= 11 is 0. The van der Waals surface area contributed by atoms with E-state index in [1.807, 2.05) is 47.5 Å². The molecule has 5 nitrogen and oxygen atoms in total. The standard InChI is InChI=1S/C21H17N3O2/c25-16-5-3-4-15(12-16)18-13-19-17-6-1-2-7-20(17)26-21(24(19)23-18)14-8-10-22-11-9-14/h1-12,19,21,25H,13H2/t19-,21-/m1/s1. The number of hydrazone groups is 1. The van der Waals surface area contributed by atoms with Crippen LogP contribution in [0.15, 0.2) is 78.2 Å². The van der Waals surface area contributed by atoms with Crippen LogP contribution < -0.4 is 4.74 Å². The average Bonchev–Trinajstić information content (AvgIpc) is 3.14. The molecule has 26 heavy (non-hydrogen) atoms. The molecule has 1 N–H and O–H groups in total. The smallest absolute Gasteiger partial charge is 0.213 e. The molecule has 3 aromatic rings. The van der Waals surface area contributed by atoms with Gasteiger partial charge in [-0.15, -0.1) is 0 Å². The molecular weight excluding hydrogens is 326 g/mol. The minimum atomic E-state index is -0.298. The number of ether oxygens (including phenoxy) is 1. The first-order chi connectivity index (χ1) is 12.8. The number of para-hydroxylation sites is 1. The van der Waals surface area contributed by atoms with Gasteiger partial charge in [-0.3, -0.25) is 4.98 Å². The molecule has 1 aromatic heterocycles. The lowest BCUT2D eigenvalue weighted by Crippen LogP contribution is -2.33. The van der Waals surface area contributed by atoms with Gasteiger partial charge in [0.1, 0.15) is 11.5 Å². The lowest BCUT2D eigenvalue weighted by Gasteiger charge is -2.38. The minimum absolute atomic E-state index is 0.107. The van der Waals surface area contributed by atoms with Crippen molar-refractivity contribution in [2.75, 3.05) is 0 Å². The Bertz CT molecular complexity index is 987. The molecule has 0 spiro atoms. The van der Waals surface area contributed by atoms with Gasteiger partial charge in [0, 0.05) is 35.5 Å². The summed E-state index contributed by atoms with van der Waals surface area (Å²) < 4.78 is 6.28. The lowest BCUT2D eigenvalue weighted by molar-refractivity contribution is -0.0190. The molecule has 0 aliphatic carbocycles. The highest BCUT2D eigenvalue weighted by molar-refractivity contribution is 6.02. The highest BCUT2D eigenvalue weighted by Gasteiger charge is 2.40. The van der Waals surface area contributed by atoms with E-state index in [-0.39, 0.29) is 18.0 Å². The molecule has 5 rings (SSSR count). The van der Waals surface area contributed by atoms with Gasteiger partial charge in [-0.05, 0) is 30.3 Å². The van der Waals surface area contributed by atoms with E-state index in [9.17, 15) is 5.11 Å². The third-order valence-corrected chi connectivity index (χ3v) is 4.87. The van der Waals surface area contributed by atoms with E-state index in [4.69, 9.17) is 9.84 Å². The van der Waals surface area contributed by atoms with E-state index in [0.29, 0.717) is 0 Å². The van der Waals surface area contributed by atoms with Gasteiger partial charge in [0.15, 0.2) is 0 Å². The van der Waals surface area contributed by atoms with Crippen LogP contribution in [0.4, 0.5) is 0 Å². The Balaban J connectivity index is 1.60. The monoisotopic (exact) mass is 343 g/mol. The maximum atomic E-state index is 9.82. The van der Waals surface area contributed by atoms with Crippen LogP contribution in [0, 0.1) is 0 Å². The van der Waals surface area contributed by atoms with Crippen molar-refractivity contribution in [3.63, 3.8) is 0 Å². The zero-order valence-electron chi connectivity index (χ0n) is 14.0. The number of nitrogens with zero attached hydrogens (tertiary/aromatic N) is 3. The summed E-state index contributed by atoms with van der Waals surface area (Å²) in [6.45, 7) is 0. The van der Waals surface area contributed by atoms with Gasteiger partial charge in [-0.25, -0.2) is 5.01 Å². The summed E-state index contributed by atoms with van der Waals surface area (Å²) in [5.41, 5.74) is 4.03. The van der Waals surface area contributed by atoms with Crippen molar-refractivity contribution in [3.05, 3.63) is 89.7 Å². The number of rotatable bonds is 2. The summed E-state index contributed by atoms with van der Waals surface area (Å²) in [7, 11) is 0. The summed E-state index contributed by atoms with van der Waals surface area (Å²) in [4.78, 5) is 4.10. The van der Waals surface area contributed by atoms with Crippen molar-refractivity contribution in [1.82, 2.24) is 9.99 Å². The maximum Gasteiger partial charge on any atom is 0.213 e. The molecule has 128 valence electrons. The number of hydrogen-bond acceptors (Lipinski definition) is 5. The highest BCUT2D eigenvalue weighted by atomic mass is 16.5. The fraction of sp³-hybridized carbons (Fsp3) is 0.143. The zero-order chi connectivity index (χ0) is 17.5. The second-order valence-electron chi connectivity index (χ2n) is 6.49. The summed E-state index contributed by atoms with van der Waals surface area (Å²) in [5.74, 6) is 1.14. The Hall–Kier alpha value is -3.34. The first kappa shape index (κ1) is 15.0. The Morgan fingerprint density at radius 1 is 1.00 bits per heavy atom. The van der Waals surface area contributed by atoms with E-state index < -0.39 is 0 Å². The number of benzene rings is 2. The summed E-state index contributed by atoms with van der Waals surface area (Å²) in [6, 6.07) is 19.4. The summed E-state index contributed by atoms with van der Waals surface area (Å²) in [6.07, 6.45) is 4.01. The molecule has 0 unspecified atom stereocenters. The largest absolute Gasteiger partial charge is 0.508 e. The molecule has 3 heterocycles. The van der Waals surface area contributed by atoms with Gasteiger partial charge >= 0.3 is 0 Å². The van der Waals surface area contributed by atoms with Crippen LogP contribution in [0.25, 0.3) is 0 Å². The Kier molecular flexibility index (Phi) is 3.38. The van der Waals surface area contributed by atoms with Gasteiger partial charge in [0.2, 0.25) is 6.23 Å². The van der Waals surface area contributed by atoms with Gasteiger partial charge in [0.25, 0.3) is 0 Å². The van der Waals surface area contributed by atoms with Crippen LogP contribution in [0.3, 0.4) is 0 Å². The molecule has 2 aliphatic rings. The van der Waals surface area contributed by atoms with Gasteiger partial charge in [-0.1, -0.05) is 30.3 Å². The zero-order valence-corrected chi connectivity index (χ0v) is 14.0. The van der Waals surface area contributed by atoms with Crippen LogP contribution in [0.5, 0.6) is 11.5 Å². The maximum absolute atomic E-state index is 9.82.